The van der Waals surface area contributed by atoms with Gasteiger partial charge in [-0.05, 0) is 54.6 Å². The minimum absolute atomic E-state index is 0.457. The van der Waals surface area contributed by atoms with Gasteiger partial charge < -0.3 is 10.1 Å². The molecular weight excluding hydrogens is 368 g/mol. The van der Waals surface area contributed by atoms with Gasteiger partial charge in [0.25, 0.3) is 0 Å². The number of nitrogens with one attached hydrogen (secondary N) is 1. The SMILES string of the molecule is COc1ccc(-c2c(-c3cccs3)nn3c(C4CCCNC4)ccnc23)cc1. The number of rotatable bonds is 4. The van der Waals surface area contributed by atoms with Crippen LogP contribution in [0.5, 0.6) is 5.75 Å². The number of hydrogen-bond acceptors (Lipinski definition) is 5. The summed E-state index contributed by atoms with van der Waals surface area (Å²) >= 11 is 1.71. The summed E-state index contributed by atoms with van der Waals surface area (Å²) < 4.78 is 7.40. The normalized spacial score (nSPS) is 17.1. The van der Waals surface area contributed by atoms with Crippen LogP contribution in [0.4, 0.5) is 0 Å². The van der Waals surface area contributed by atoms with E-state index in [-0.39, 0.29) is 0 Å². The van der Waals surface area contributed by atoms with Gasteiger partial charge in [0.2, 0.25) is 0 Å². The van der Waals surface area contributed by atoms with Crippen molar-refractivity contribution in [3.05, 3.63) is 59.7 Å². The van der Waals surface area contributed by atoms with E-state index in [2.05, 4.69) is 45.5 Å². The highest BCUT2D eigenvalue weighted by molar-refractivity contribution is 7.13. The van der Waals surface area contributed by atoms with Crippen molar-refractivity contribution in [1.29, 1.82) is 0 Å². The van der Waals surface area contributed by atoms with E-state index in [1.165, 1.54) is 18.5 Å². The van der Waals surface area contributed by atoms with Gasteiger partial charge in [-0.3, -0.25) is 0 Å². The number of aromatic nitrogens is 3. The molecule has 4 aromatic rings. The van der Waals surface area contributed by atoms with Gasteiger partial charge in [0, 0.05) is 18.7 Å². The van der Waals surface area contributed by atoms with Crippen LogP contribution in [0.15, 0.2) is 54.0 Å². The molecule has 1 aliphatic heterocycles. The lowest BCUT2D eigenvalue weighted by Crippen LogP contribution is -2.29. The molecule has 1 unspecified atom stereocenters. The molecule has 28 heavy (non-hydrogen) atoms. The first-order valence-corrected chi connectivity index (χ1v) is 10.5. The molecule has 0 bridgehead atoms. The first-order chi connectivity index (χ1) is 13.8. The van der Waals surface area contributed by atoms with E-state index in [0.717, 1.165) is 46.2 Å². The zero-order chi connectivity index (χ0) is 18.9. The van der Waals surface area contributed by atoms with Crippen LogP contribution in [-0.2, 0) is 0 Å². The van der Waals surface area contributed by atoms with Crippen LogP contribution >= 0.6 is 11.3 Å². The fourth-order valence-corrected chi connectivity index (χ4v) is 4.70. The van der Waals surface area contributed by atoms with Crippen molar-refractivity contribution in [3.8, 4) is 27.4 Å². The van der Waals surface area contributed by atoms with Crippen LogP contribution in [0, 0.1) is 0 Å². The van der Waals surface area contributed by atoms with E-state index in [9.17, 15) is 0 Å². The van der Waals surface area contributed by atoms with Crippen LogP contribution in [0.1, 0.15) is 24.5 Å². The number of thiophene rings is 1. The topological polar surface area (TPSA) is 51.5 Å². The van der Waals surface area contributed by atoms with Gasteiger partial charge in [0.1, 0.15) is 11.4 Å². The molecule has 0 amide bonds. The largest absolute Gasteiger partial charge is 0.497 e. The zero-order valence-electron chi connectivity index (χ0n) is 15.8. The number of fused-ring (bicyclic) bond motifs is 1. The Morgan fingerprint density at radius 2 is 2.07 bits per heavy atom. The first kappa shape index (κ1) is 17.4. The van der Waals surface area contributed by atoms with Crippen LogP contribution in [0.3, 0.4) is 0 Å². The Morgan fingerprint density at radius 3 is 2.79 bits per heavy atom. The first-order valence-electron chi connectivity index (χ1n) is 9.62. The second kappa shape index (κ2) is 7.37. The molecule has 1 fully saturated rings. The molecule has 0 saturated carbocycles. The molecule has 0 radical (unpaired) electrons. The van der Waals surface area contributed by atoms with Crippen molar-refractivity contribution in [2.75, 3.05) is 20.2 Å². The van der Waals surface area contributed by atoms with E-state index in [4.69, 9.17) is 14.8 Å². The van der Waals surface area contributed by atoms with E-state index in [1.807, 2.05) is 18.3 Å². The molecule has 4 heterocycles. The number of benzene rings is 1. The van der Waals surface area contributed by atoms with Gasteiger partial charge in [-0.2, -0.15) is 5.10 Å². The molecule has 1 saturated heterocycles. The lowest BCUT2D eigenvalue weighted by Gasteiger charge is -2.23. The van der Waals surface area contributed by atoms with E-state index < -0.39 is 0 Å². The smallest absolute Gasteiger partial charge is 0.163 e. The number of hydrogen-bond donors (Lipinski definition) is 1. The average Bonchev–Trinajstić information content (AvgIpc) is 3.42. The Kier molecular flexibility index (Phi) is 4.58. The summed E-state index contributed by atoms with van der Waals surface area (Å²) in [7, 11) is 1.69. The lowest BCUT2D eigenvalue weighted by atomic mass is 9.96. The molecule has 1 atom stereocenters. The lowest BCUT2D eigenvalue weighted by molar-refractivity contribution is 0.415. The summed E-state index contributed by atoms with van der Waals surface area (Å²) in [4.78, 5) is 5.90. The van der Waals surface area contributed by atoms with Crippen LogP contribution in [0.2, 0.25) is 0 Å². The minimum atomic E-state index is 0.457. The van der Waals surface area contributed by atoms with Crippen molar-refractivity contribution < 1.29 is 4.74 Å². The van der Waals surface area contributed by atoms with E-state index in [1.54, 1.807) is 18.4 Å². The molecule has 1 aliphatic rings. The van der Waals surface area contributed by atoms with Gasteiger partial charge in [-0.1, -0.05) is 18.2 Å². The molecule has 1 N–H and O–H groups in total. The maximum absolute atomic E-state index is 5.33. The van der Waals surface area contributed by atoms with E-state index >= 15 is 0 Å². The fourth-order valence-electron chi connectivity index (χ4n) is 3.99. The molecule has 6 heteroatoms. The second-order valence-electron chi connectivity index (χ2n) is 7.08. The monoisotopic (exact) mass is 390 g/mol. The molecule has 5 rings (SSSR count). The molecule has 5 nitrogen and oxygen atoms in total. The van der Waals surface area contributed by atoms with Crippen molar-refractivity contribution in [1.82, 2.24) is 19.9 Å². The third-order valence-corrected chi connectivity index (χ3v) is 6.27. The molecule has 142 valence electrons. The minimum Gasteiger partial charge on any atom is -0.497 e. The molecule has 1 aromatic carbocycles. The van der Waals surface area contributed by atoms with Crippen molar-refractivity contribution in [2.24, 2.45) is 0 Å². The fraction of sp³-hybridized carbons (Fsp3) is 0.273. The highest BCUT2D eigenvalue weighted by atomic mass is 32.1. The Balaban J connectivity index is 1.73. The molecule has 0 spiro atoms. The van der Waals surface area contributed by atoms with Crippen LogP contribution < -0.4 is 10.1 Å². The predicted octanol–water partition coefficient (Wildman–Crippen LogP) is 4.60. The highest BCUT2D eigenvalue weighted by Gasteiger charge is 2.23. The highest BCUT2D eigenvalue weighted by Crippen LogP contribution is 2.38. The maximum Gasteiger partial charge on any atom is 0.163 e. The average molecular weight is 391 g/mol. The third kappa shape index (κ3) is 2.99. The Labute approximate surface area is 168 Å². The number of piperidine rings is 1. The van der Waals surface area contributed by atoms with Crippen LogP contribution in [-0.4, -0.2) is 34.8 Å². The maximum atomic E-state index is 5.33. The number of methoxy groups -OCH3 is 1. The van der Waals surface area contributed by atoms with Gasteiger partial charge in [-0.25, -0.2) is 9.50 Å². The molecule has 0 aliphatic carbocycles. The zero-order valence-corrected chi connectivity index (χ0v) is 16.6. The van der Waals surface area contributed by atoms with Crippen LogP contribution in [0.25, 0.3) is 27.3 Å². The molecule has 3 aromatic heterocycles. The standard InChI is InChI=1S/C22H22N4OS/c1-27-17-8-6-15(7-9-17)20-21(19-5-3-13-28-19)25-26-18(10-12-24-22(20)26)16-4-2-11-23-14-16/h3,5-10,12-13,16,23H,2,4,11,14H2,1H3. The summed E-state index contributed by atoms with van der Waals surface area (Å²) in [5, 5.41) is 10.7. The third-order valence-electron chi connectivity index (χ3n) is 5.40. The van der Waals surface area contributed by atoms with Crippen molar-refractivity contribution in [3.63, 3.8) is 0 Å². The van der Waals surface area contributed by atoms with Gasteiger partial charge in [-0.15, -0.1) is 11.3 Å². The predicted molar refractivity (Wildman–Crippen MR) is 113 cm³/mol. The second-order valence-corrected chi connectivity index (χ2v) is 8.03. The summed E-state index contributed by atoms with van der Waals surface area (Å²) in [5.41, 5.74) is 5.32. The van der Waals surface area contributed by atoms with E-state index in [0.29, 0.717) is 5.92 Å². The molecular formula is C22H22N4OS. The quantitative estimate of drug-likeness (QED) is 0.553. The Bertz CT molecular complexity index is 1080. The summed E-state index contributed by atoms with van der Waals surface area (Å²) in [6.07, 6.45) is 4.29. The van der Waals surface area contributed by atoms with Gasteiger partial charge >= 0.3 is 0 Å². The van der Waals surface area contributed by atoms with Gasteiger partial charge in [0.05, 0.1) is 23.2 Å². The Hall–Kier alpha value is -2.70. The summed E-state index contributed by atoms with van der Waals surface area (Å²) in [6, 6.07) is 14.5. The number of ether oxygens (including phenoxy) is 1. The van der Waals surface area contributed by atoms with Crippen molar-refractivity contribution >= 4 is 17.0 Å². The Morgan fingerprint density at radius 1 is 1.18 bits per heavy atom. The summed E-state index contributed by atoms with van der Waals surface area (Å²) in [5.74, 6) is 1.30. The van der Waals surface area contributed by atoms with Gasteiger partial charge in [0.15, 0.2) is 5.65 Å². The van der Waals surface area contributed by atoms with Crippen molar-refractivity contribution in [2.45, 2.75) is 18.8 Å². The number of nitrogens with zero attached hydrogens (tertiary/aromatic N) is 3. The summed E-state index contributed by atoms with van der Waals surface area (Å²) in [6.45, 7) is 2.09.